The molecule has 0 saturated heterocycles. The van der Waals surface area contributed by atoms with Crippen LogP contribution < -0.4 is 0 Å². The molecule has 20 heavy (non-hydrogen) atoms. The summed E-state index contributed by atoms with van der Waals surface area (Å²) < 4.78 is 12.9. The lowest BCUT2D eigenvalue weighted by Gasteiger charge is -2.25. The number of hydrogen-bond donors (Lipinski definition) is 0. The number of aryl methyl sites for hydroxylation is 1. The van der Waals surface area contributed by atoms with Gasteiger partial charge in [0, 0.05) is 12.4 Å². The Labute approximate surface area is 122 Å². The van der Waals surface area contributed by atoms with Crippen LogP contribution in [0.1, 0.15) is 29.2 Å². The van der Waals surface area contributed by atoms with E-state index in [1.54, 1.807) is 35.4 Å². The van der Waals surface area contributed by atoms with Crippen LogP contribution in [0.4, 0.5) is 4.39 Å². The second-order valence-corrected chi connectivity index (χ2v) is 5.83. The summed E-state index contributed by atoms with van der Waals surface area (Å²) in [6.07, 6.45) is 0.298. The fourth-order valence-corrected chi connectivity index (χ4v) is 2.56. The molecular formula is C15H17FN2OS. The molecule has 0 fully saturated rings. The Hall–Kier alpha value is -1.75. The molecule has 1 amide bonds. The van der Waals surface area contributed by atoms with E-state index >= 15 is 0 Å². The van der Waals surface area contributed by atoms with Crippen LogP contribution in [0.3, 0.4) is 0 Å². The van der Waals surface area contributed by atoms with Crippen molar-refractivity contribution in [2.24, 2.45) is 0 Å². The van der Waals surface area contributed by atoms with Crippen molar-refractivity contribution in [3.05, 3.63) is 51.7 Å². The summed E-state index contributed by atoms with van der Waals surface area (Å²) >= 11 is 1.54. The molecule has 0 spiro atoms. The highest BCUT2D eigenvalue weighted by atomic mass is 32.1. The number of hydrogen-bond acceptors (Lipinski definition) is 3. The second kappa shape index (κ2) is 6.13. The molecule has 0 aliphatic heterocycles. The third-order valence-corrected chi connectivity index (χ3v) is 4.15. The van der Waals surface area contributed by atoms with E-state index in [4.69, 9.17) is 0 Å². The van der Waals surface area contributed by atoms with Gasteiger partial charge in [-0.1, -0.05) is 12.1 Å². The molecular weight excluding hydrogens is 275 g/mol. The van der Waals surface area contributed by atoms with Gasteiger partial charge < -0.3 is 4.90 Å². The number of nitrogens with zero attached hydrogens (tertiary/aromatic N) is 2. The summed E-state index contributed by atoms with van der Waals surface area (Å²) in [5.41, 5.74) is 1.72. The Bertz CT molecular complexity index is 594. The maximum atomic E-state index is 12.9. The van der Waals surface area contributed by atoms with E-state index in [0.29, 0.717) is 6.42 Å². The predicted octanol–water partition coefficient (Wildman–Crippen LogP) is 3.35. The van der Waals surface area contributed by atoms with Gasteiger partial charge in [0.25, 0.3) is 0 Å². The van der Waals surface area contributed by atoms with Gasteiger partial charge in [-0.2, -0.15) is 0 Å². The largest absolute Gasteiger partial charge is 0.339 e. The van der Waals surface area contributed by atoms with Gasteiger partial charge in [-0.05, 0) is 31.5 Å². The minimum Gasteiger partial charge on any atom is -0.339 e. The fourth-order valence-electron chi connectivity index (χ4n) is 1.95. The molecule has 1 heterocycles. The molecule has 1 aromatic carbocycles. The molecule has 3 nitrogen and oxygen atoms in total. The molecule has 106 valence electrons. The zero-order valence-corrected chi connectivity index (χ0v) is 12.6. The second-order valence-electron chi connectivity index (χ2n) is 4.77. The van der Waals surface area contributed by atoms with Gasteiger partial charge in [-0.3, -0.25) is 4.79 Å². The summed E-state index contributed by atoms with van der Waals surface area (Å²) in [6.45, 7) is 3.85. The molecule has 0 saturated carbocycles. The Morgan fingerprint density at radius 3 is 2.60 bits per heavy atom. The number of benzene rings is 1. The number of rotatable bonds is 4. The molecule has 5 heteroatoms. The van der Waals surface area contributed by atoms with Gasteiger partial charge in [0.1, 0.15) is 5.82 Å². The highest BCUT2D eigenvalue weighted by Gasteiger charge is 2.18. The van der Waals surface area contributed by atoms with Crippen LogP contribution in [-0.4, -0.2) is 22.8 Å². The average molecular weight is 292 g/mol. The molecule has 1 unspecified atom stereocenters. The van der Waals surface area contributed by atoms with Crippen LogP contribution in [0.25, 0.3) is 0 Å². The van der Waals surface area contributed by atoms with Gasteiger partial charge >= 0.3 is 0 Å². The van der Waals surface area contributed by atoms with Gasteiger partial charge in [0.2, 0.25) is 5.91 Å². The van der Waals surface area contributed by atoms with Crippen LogP contribution in [0.15, 0.2) is 29.6 Å². The van der Waals surface area contributed by atoms with E-state index in [1.165, 1.54) is 12.1 Å². The molecule has 2 aromatic rings. The van der Waals surface area contributed by atoms with Gasteiger partial charge in [0.15, 0.2) is 0 Å². The van der Waals surface area contributed by atoms with Crippen molar-refractivity contribution in [2.45, 2.75) is 26.3 Å². The minimum absolute atomic E-state index is 0.00660. The van der Waals surface area contributed by atoms with Gasteiger partial charge in [0.05, 0.1) is 23.2 Å². The number of aromatic nitrogens is 1. The van der Waals surface area contributed by atoms with Crippen LogP contribution in [0.5, 0.6) is 0 Å². The number of thiazole rings is 1. The van der Waals surface area contributed by atoms with Crippen molar-refractivity contribution < 1.29 is 9.18 Å². The molecule has 1 atom stereocenters. The van der Waals surface area contributed by atoms with Crippen molar-refractivity contribution in [3.8, 4) is 0 Å². The van der Waals surface area contributed by atoms with E-state index in [2.05, 4.69) is 4.98 Å². The van der Waals surface area contributed by atoms with Gasteiger partial charge in [-0.15, -0.1) is 11.3 Å². The van der Waals surface area contributed by atoms with Crippen LogP contribution in [-0.2, 0) is 11.2 Å². The zero-order chi connectivity index (χ0) is 14.7. The first-order valence-corrected chi connectivity index (χ1v) is 7.27. The van der Waals surface area contributed by atoms with Crippen molar-refractivity contribution in [2.75, 3.05) is 7.05 Å². The number of carbonyl (C=O) groups excluding carboxylic acids is 1. The smallest absolute Gasteiger partial charge is 0.228 e. The third-order valence-electron chi connectivity index (χ3n) is 3.33. The SMILES string of the molecule is Cc1nc(CC(=O)N(C)C(C)c2ccc(F)cc2)cs1. The predicted molar refractivity (Wildman–Crippen MR) is 78.1 cm³/mol. The number of carbonyl (C=O) groups is 1. The number of likely N-dealkylation sites (N-methyl/N-ethyl adjacent to an activating group) is 1. The van der Waals surface area contributed by atoms with Gasteiger partial charge in [-0.25, -0.2) is 9.37 Å². The monoisotopic (exact) mass is 292 g/mol. The Morgan fingerprint density at radius 1 is 1.40 bits per heavy atom. The van der Waals surface area contributed by atoms with E-state index < -0.39 is 0 Å². The summed E-state index contributed by atoms with van der Waals surface area (Å²) in [7, 11) is 1.76. The van der Waals surface area contributed by atoms with E-state index in [0.717, 1.165) is 16.3 Å². The molecule has 0 radical (unpaired) electrons. The summed E-state index contributed by atoms with van der Waals surface area (Å²) in [5, 5.41) is 2.87. The summed E-state index contributed by atoms with van der Waals surface area (Å²) in [6, 6.07) is 6.14. The Kier molecular flexibility index (Phi) is 4.49. The van der Waals surface area contributed by atoms with E-state index in [9.17, 15) is 9.18 Å². The maximum Gasteiger partial charge on any atom is 0.228 e. The highest BCUT2D eigenvalue weighted by molar-refractivity contribution is 7.09. The highest BCUT2D eigenvalue weighted by Crippen LogP contribution is 2.20. The van der Waals surface area contributed by atoms with E-state index in [-0.39, 0.29) is 17.8 Å². The quantitative estimate of drug-likeness (QED) is 0.866. The Balaban J connectivity index is 2.04. The lowest BCUT2D eigenvalue weighted by atomic mass is 10.1. The molecule has 0 aliphatic rings. The molecule has 0 N–H and O–H groups in total. The van der Waals surface area contributed by atoms with E-state index in [1.807, 2.05) is 19.2 Å². The lowest BCUT2D eigenvalue weighted by molar-refractivity contribution is -0.131. The van der Waals surface area contributed by atoms with Crippen LogP contribution in [0.2, 0.25) is 0 Å². The minimum atomic E-state index is -0.270. The first kappa shape index (κ1) is 14.7. The number of amides is 1. The standard InChI is InChI=1S/C15H17FN2OS/c1-10(12-4-6-13(16)7-5-12)18(3)15(19)8-14-9-20-11(2)17-14/h4-7,9-10H,8H2,1-3H3. The molecule has 2 rings (SSSR count). The normalized spacial score (nSPS) is 12.2. The van der Waals surface area contributed by atoms with Crippen molar-refractivity contribution in [1.29, 1.82) is 0 Å². The topological polar surface area (TPSA) is 33.2 Å². The number of halogens is 1. The van der Waals surface area contributed by atoms with Crippen molar-refractivity contribution in [3.63, 3.8) is 0 Å². The third kappa shape index (κ3) is 3.42. The average Bonchev–Trinajstić information content (AvgIpc) is 2.83. The molecule has 1 aromatic heterocycles. The van der Waals surface area contributed by atoms with Crippen LogP contribution in [0, 0.1) is 12.7 Å². The van der Waals surface area contributed by atoms with Crippen LogP contribution >= 0.6 is 11.3 Å². The van der Waals surface area contributed by atoms with Crippen molar-refractivity contribution >= 4 is 17.2 Å². The molecule has 0 bridgehead atoms. The fraction of sp³-hybridized carbons (Fsp3) is 0.333. The first-order valence-electron chi connectivity index (χ1n) is 6.39. The zero-order valence-electron chi connectivity index (χ0n) is 11.8. The maximum absolute atomic E-state index is 12.9. The van der Waals surface area contributed by atoms with Crippen molar-refractivity contribution in [1.82, 2.24) is 9.88 Å². The molecule has 0 aliphatic carbocycles. The lowest BCUT2D eigenvalue weighted by Crippen LogP contribution is -2.31. The first-order chi connectivity index (χ1) is 9.47. The summed E-state index contributed by atoms with van der Waals surface area (Å²) in [5.74, 6) is -0.264. The summed E-state index contributed by atoms with van der Waals surface area (Å²) in [4.78, 5) is 18.2. The Morgan fingerprint density at radius 2 is 2.05 bits per heavy atom.